The monoisotopic (exact) mass is 378 g/mol. The van der Waals surface area contributed by atoms with Gasteiger partial charge in [-0.2, -0.15) is 0 Å². The minimum Gasteiger partial charge on any atom is -0.493 e. The maximum absolute atomic E-state index is 11.9. The van der Waals surface area contributed by atoms with Gasteiger partial charge in [0.2, 0.25) is 5.91 Å². The predicted octanol–water partition coefficient (Wildman–Crippen LogP) is 3.44. The van der Waals surface area contributed by atoms with Crippen molar-refractivity contribution in [1.82, 2.24) is 5.32 Å². The molecule has 1 unspecified atom stereocenters. The van der Waals surface area contributed by atoms with E-state index in [0.717, 1.165) is 17.5 Å². The van der Waals surface area contributed by atoms with Gasteiger partial charge in [0.25, 0.3) is 0 Å². The highest BCUT2D eigenvalue weighted by Crippen LogP contribution is 2.28. The third-order valence-corrected chi connectivity index (χ3v) is 3.87. The number of rotatable bonds is 9. The Kier molecular flexibility index (Phi) is 9.55. The van der Waals surface area contributed by atoms with Crippen molar-refractivity contribution in [1.29, 1.82) is 0 Å². The van der Waals surface area contributed by atoms with E-state index >= 15 is 0 Å². The van der Waals surface area contributed by atoms with E-state index in [0.29, 0.717) is 31.1 Å². The number of hydrogen-bond donors (Lipinski definition) is 2. The van der Waals surface area contributed by atoms with Crippen molar-refractivity contribution in [2.75, 3.05) is 7.11 Å². The van der Waals surface area contributed by atoms with Crippen LogP contribution < -0.4 is 20.5 Å². The van der Waals surface area contributed by atoms with Gasteiger partial charge >= 0.3 is 0 Å². The maximum Gasteiger partial charge on any atom is 0.237 e. The predicted molar refractivity (Wildman–Crippen MR) is 106 cm³/mol. The normalized spacial score (nSPS) is 11.2. The zero-order valence-corrected chi connectivity index (χ0v) is 16.1. The number of ether oxygens (including phenoxy) is 2. The van der Waals surface area contributed by atoms with Gasteiger partial charge in [0.15, 0.2) is 11.5 Å². The van der Waals surface area contributed by atoms with Crippen molar-refractivity contribution in [3.05, 3.63) is 59.7 Å². The van der Waals surface area contributed by atoms with Crippen molar-refractivity contribution in [3.63, 3.8) is 0 Å². The second-order valence-corrected chi connectivity index (χ2v) is 5.87. The van der Waals surface area contributed by atoms with Crippen LogP contribution in [0.3, 0.4) is 0 Å². The number of methoxy groups -OCH3 is 1. The van der Waals surface area contributed by atoms with E-state index in [9.17, 15) is 4.79 Å². The quantitative estimate of drug-likeness (QED) is 0.701. The molecule has 2 aromatic rings. The standard InChI is InChI=1S/C20H26N2O3.ClH/c1-3-7-17(21)20(23)22-13-16-10-11-18(19(12-16)24-2)25-14-15-8-5-4-6-9-15;/h4-6,8-12,17H,3,7,13-14,21H2,1-2H3,(H,22,23);1H. The molecule has 2 aromatic carbocycles. The summed E-state index contributed by atoms with van der Waals surface area (Å²) >= 11 is 0. The first kappa shape index (κ1) is 21.8. The average molecular weight is 379 g/mol. The lowest BCUT2D eigenvalue weighted by molar-refractivity contribution is -0.122. The van der Waals surface area contributed by atoms with Gasteiger partial charge in [-0.15, -0.1) is 12.4 Å². The number of nitrogens with two attached hydrogens (primary N) is 1. The minimum absolute atomic E-state index is 0. The molecule has 0 heterocycles. The Bertz CT molecular complexity index is 680. The molecule has 5 nitrogen and oxygen atoms in total. The smallest absolute Gasteiger partial charge is 0.237 e. The molecule has 1 atom stereocenters. The van der Waals surface area contributed by atoms with Gasteiger partial charge < -0.3 is 20.5 Å². The fourth-order valence-corrected chi connectivity index (χ4v) is 2.44. The summed E-state index contributed by atoms with van der Waals surface area (Å²) in [5.74, 6) is 1.18. The SMILES string of the molecule is CCCC(N)C(=O)NCc1ccc(OCc2ccccc2)c(OC)c1.Cl. The highest BCUT2D eigenvalue weighted by atomic mass is 35.5. The number of nitrogens with one attached hydrogen (secondary N) is 1. The van der Waals surface area contributed by atoms with Crippen LogP contribution in [-0.4, -0.2) is 19.1 Å². The van der Waals surface area contributed by atoms with Gasteiger partial charge in [0.1, 0.15) is 6.61 Å². The zero-order chi connectivity index (χ0) is 18.1. The molecular formula is C20H27ClN2O3. The van der Waals surface area contributed by atoms with Crippen molar-refractivity contribution in [3.8, 4) is 11.5 Å². The van der Waals surface area contributed by atoms with E-state index in [1.807, 2.05) is 55.5 Å². The topological polar surface area (TPSA) is 73.6 Å². The first-order valence-corrected chi connectivity index (χ1v) is 8.51. The van der Waals surface area contributed by atoms with Crippen molar-refractivity contribution < 1.29 is 14.3 Å². The summed E-state index contributed by atoms with van der Waals surface area (Å²) in [4.78, 5) is 11.9. The van der Waals surface area contributed by atoms with Crippen LogP contribution in [0.1, 0.15) is 30.9 Å². The number of benzene rings is 2. The Morgan fingerprint density at radius 3 is 2.50 bits per heavy atom. The zero-order valence-electron chi connectivity index (χ0n) is 15.2. The molecule has 0 saturated heterocycles. The third kappa shape index (κ3) is 6.58. The molecule has 1 amide bonds. The highest BCUT2D eigenvalue weighted by molar-refractivity contribution is 5.85. The summed E-state index contributed by atoms with van der Waals surface area (Å²) in [5, 5.41) is 2.85. The lowest BCUT2D eigenvalue weighted by atomic mass is 10.1. The van der Waals surface area contributed by atoms with Crippen LogP contribution in [0, 0.1) is 0 Å². The van der Waals surface area contributed by atoms with Crippen LogP contribution in [0.15, 0.2) is 48.5 Å². The highest BCUT2D eigenvalue weighted by Gasteiger charge is 2.12. The molecule has 0 aliphatic heterocycles. The van der Waals surface area contributed by atoms with Crippen molar-refractivity contribution in [2.45, 2.75) is 39.0 Å². The summed E-state index contributed by atoms with van der Waals surface area (Å²) in [7, 11) is 1.60. The largest absolute Gasteiger partial charge is 0.493 e. The Morgan fingerprint density at radius 2 is 1.85 bits per heavy atom. The molecule has 26 heavy (non-hydrogen) atoms. The minimum atomic E-state index is -0.458. The van der Waals surface area contributed by atoms with E-state index in [1.54, 1.807) is 7.11 Å². The van der Waals surface area contributed by atoms with E-state index in [4.69, 9.17) is 15.2 Å². The first-order valence-electron chi connectivity index (χ1n) is 8.51. The number of carbonyl (C=O) groups is 1. The summed E-state index contributed by atoms with van der Waals surface area (Å²) < 4.78 is 11.2. The number of carbonyl (C=O) groups excluding carboxylic acids is 1. The van der Waals surface area contributed by atoms with Gasteiger partial charge in [-0.3, -0.25) is 4.79 Å². The Balaban J connectivity index is 0.00000338. The first-order chi connectivity index (χ1) is 12.1. The third-order valence-electron chi connectivity index (χ3n) is 3.87. The summed E-state index contributed by atoms with van der Waals surface area (Å²) in [6.45, 7) is 2.89. The molecule has 0 aliphatic rings. The molecule has 0 fully saturated rings. The molecule has 0 saturated carbocycles. The van der Waals surface area contributed by atoms with E-state index in [-0.39, 0.29) is 18.3 Å². The van der Waals surface area contributed by atoms with Gasteiger partial charge in [-0.1, -0.05) is 49.7 Å². The molecule has 0 aliphatic carbocycles. The van der Waals surface area contributed by atoms with E-state index in [2.05, 4.69) is 5.32 Å². The fraction of sp³-hybridized carbons (Fsp3) is 0.350. The van der Waals surface area contributed by atoms with Gasteiger partial charge in [-0.25, -0.2) is 0 Å². The van der Waals surface area contributed by atoms with Crippen LogP contribution in [0.4, 0.5) is 0 Å². The van der Waals surface area contributed by atoms with Gasteiger partial charge in [0.05, 0.1) is 13.2 Å². The van der Waals surface area contributed by atoms with Crippen LogP contribution in [0.5, 0.6) is 11.5 Å². The number of hydrogen-bond acceptors (Lipinski definition) is 4. The van der Waals surface area contributed by atoms with E-state index < -0.39 is 6.04 Å². The Morgan fingerprint density at radius 1 is 1.12 bits per heavy atom. The van der Waals surface area contributed by atoms with Crippen LogP contribution in [0.2, 0.25) is 0 Å². The molecule has 0 spiro atoms. The second kappa shape index (κ2) is 11.4. The van der Waals surface area contributed by atoms with Crippen molar-refractivity contribution in [2.24, 2.45) is 5.73 Å². The molecule has 2 rings (SSSR count). The lowest BCUT2D eigenvalue weighted by Gasteiger charge is -2.14. The summed E-state index contributed by atoms with van der Waals surface area (Å²) in [6.07, 6.45) is 1.57. The van der Waals surface area contributed by atoms with Crippen LogP contribution in [0.25, 0.3) is 0 Å². The summed E-state index contributed by atoms with van der Waals surface area (Å²) in [5.41, 5.74) is 7.83. The Hall–Kier alpha value is -2.24. The van der Waals surface area contributed by atoms with Crippen LogP contribution >= 0.6 is 12.4 Å². The molecule has 3 N–H and O–H groups in total. The maximum atomic E-state index is 11.9. The summed E-state index contributed by atoms with van der Waals surface area (Å²) in [6, 6.07) is 15.1. The molecule has 6 heteroatoms. The fourth-order valence-electron chi connectivity index (χ4n) is 2.44. The van der Waals surface area contributed by atoms with Crippen LogP contribution in [-0.2, 0) is 17.9 Å². The van der Waals surface area contributed by atoms with Crippen molar-refractivity contribution >= 4 is 18.3 Å². The second-order valence-electron chi connectivity index (χ2n) is 5.87. The van der Waals surface area contributed by atoms with Gasteiger partial charge in [-0.05, 0) is 29.7 Å². The molecule has 0 bridgehead atoms. The number of halogens is 1. The Labute approximate surface area is 161 Å². The lowest BCUT2D eigenvalue weighted by Crippen LogP contribution is -2.40. The van der Waals surface area contributed by atoms with Gasteiger partial charge in [0, 0.05) is 6.54 Å². The molecular weight excluding hydrogens is 352 g/mol. The average Bonchev–Trinajstić information content (AvgIpc) is 2.65. The molecule has 0 radical (unpaired) electrons. The molecule has 0 aromatic heterocycles. The van der Waals surface area contributed by atoms with E-state index in [1.165, 1.54) is 0 Å². The molecule has 142 valence electrons. The number of amides is 1.